The van der Waals surface area contributed by atoms with Crippen LogP contribution in [0.5, 0.6) is 0 Å². The molecule has 2 saturated heterocycles. The summed E-state index contributed by atoms with van der Waals surface area (Å²) in [5.74, 6) is 0.639. The van der Waals surface area contributed by atoms with Crippen LogP contribution in [0.25, 0.3) is 0 Å². The summed E-state index contributed by atoms with van der Waals surface area (Å²) in [4.78, 5) is 19.4. The van der Waals surface area contributed by atoms with Crippen molar-refractivity contribution in [2.75, 3.05) is 51.2 Å². The SMILES string of the molecule is CN1CCC(C(=O)N2CCN(c3ccccc3)CC2)CC1. The van der Waals surface area contributed by atoms with E-state index in [2.05, 4.69) is 46.0 Å². The number of piperidine rings is 1. The summed E-state index contributed by atoms with van der Waals surface area (Å²) in [6.07, 6.45) is 2.04. The molecule has 0 bridgehead atoms. The second-order valence-electron chi connectivity index (χ2n) is 6.23. The van der Waals surface area contributed by atoms with Gasteiger partial charge in [-0.2, -0.15) is 0 Å². The van der Waals surface area contributed by atoms with Gasteiger partial charge in [-0.1, -0.05) is 18.2 Å². The number of benzene rings is 1. The minimum absolute atomic E-state index is 0.254. The molecule has 0 atom stereocenters. The van der Waals surface area contributed by atoms with Crippen LogP contribution in [0.1, 0.15) is 12.8 Å². The van der Waals surface area contributed by atoms with Gasteiger partial charge in [-0.3, -0.25) is 4.79 Å². The number of anilines is 1. The Bertz CT molecular complexity index is 460. The molecule has 114 valence electrons. The van der Waals surface area contributed by atoms with E-state index in [4.69, 9.17) is 0 Å². The van der Waals surface area contributed by atoms with Gasteiger partial charge >= 0.3 is 0 Å². The van der Waals surface area contributed by atoms with Crippen molar-refractivity contribution < 1.29 is 4.79 Å². The minimum atomic E-state index is 0.254. The van der Waals surface area contributed by atoms with Crippen LogP contribution in [0.15, 0.2) is 30.3 Å². The van der Waals surface area contributed by atoms with E-state index in [1.807, 2.05) is 6.07 Å². The molecule has 4 heteroatoms. The zero-order valence-corrected chi connectivity index (χ0v) is 12.9. The quantitative estimate of drug-likeness (QED) is 0.828. The fourth-order valence-electron chi connectivity index (χ4n) is 3.34. The first-order valence-electron chi connectivity index (χ1n) is 8.01. The molecule has 2 heterocycles. The van der Waals surface area contributed by atoms with Crippen molar-refractivity contribution in [3.8, 4) is 0 Å². The first-order valence-corrected chi connectivity index (χ1v) is 8.01. The van der Waals surface area contributed by atoms with Crippen LogP contribution >= 0.6 is 0 Å². The van der Waals surface area contributed by atoms with Crippen LogP contribution in [0, 0.1) is 5.92 Å². The molecule has 21 heavy (non-hydrogen) atoms. The third-order valence-corrected chi connectivity index (χ3v) is 4.78. The van der Waals surface area contributed by atoms with Crippen molar-refractivity contribution in [3.63, 3.8) is 0 Å². The van der Waals surface area contributed by atoms with E-state index in [1.54, 1.807) is 0 Å². The number of carbonyl (C=O) groups is 1. The minimum Gasteiger partial charge on any atom is -0.368 e. The average Bonchev–Trinajstić information content (AvgIpc) is 2.56. The monoisotopic (exact) mass is 287 g/mol. The fourth-order valence-corrected chi connectivity index (χ4v) is 3.34. The lowest BCUT2D eigenvalue weighted by molar-refractivity contribution is -0.137. The number of likely N-dealkylation sites (tertiary alicyclic amines) is 1. The summed E-state index contributed by atoms with van der Waals surface area (Å²) in [5, 5.41) is 0. The largest absolute Gasteiger partial charge is 0.368 e. The molecule has 2 aliphatic rings. The fraction of sp³-hybridized carbons (Fsp3) is 0.588. The molecule has 0 saturated carbocycles. The van der Waals surface area contributed by atoms with Crippen molar-refractivity contribution in [1.82, 2.24) is 9.80 Å². The predicted octanol–water partition coefficient (Wildman–Crippen LogP) is 1.68. The summed E-state index contributed by atoms with van der Waals surface area (Å²) < 4.78 is 0. The maximum Gasteiger partial charge on any atom is 0.225 e. The van der Waals surface area contributed by atoms with Crippen molar-refractivity contribution in [1.29, 1.82) is 0 Å². The van der Waals surface area contributed by atoms with Gasteiger partial charge in [0.25, 0.3) is 0 Å². The van der Waals surface area contributed by atoms with Crippen LogP contribution in [-0.2, 0) is 4.79 Å². The molecule has 2 aliphatic heterocycles. The molecule has 1 amide bonds. The first kappa shape index (κ1) is 14.4. The average molecular weight is 287 g/mol. The number of hydrogen-bond acceptors (Lipinski definition) is 3. The van der Waals surface area contributed by atoms with Crippen molar-refractivity contribution >= 4 is 11.6 Å². The lowest BCUT2D eigenvalue weighted by Crippen LogP contribution is -2.51. The van der Waals surface area contributed by atoms with E-state index >= 15 is 0 Å². The number of para-hydroxylation sites is 1. The Balaban J connectivity index is 1.52. The molecule has 0 aromatic heterocycles. The second kappa shape index (κ2) is 6.48. The first-order chi connectivity index (χ1) is 10.2. The highest BCUT2D eigenvalue weighted by Gasteiger charge is 2.29. The predicted molar refractivity (Wildman–Crippen MR) is 85.5 cm³/mol. The van der Waals surface area contributed by atoms with E-state index in [9.17, 15) is 4.79 Å². The molecular weight excluding hydrogens is 262 g/mol. The summed E-state index contributed by atoms with van der Waals surface area (Å²) in [5.41, 5.74) is 1.27. The molecule has 3 rings (SSSR count). The number of amides is 1. The van der Waals surface area contributed by atoms with Crippen molar-refractivity contribution in [2.45, 2.75) is 12.8 Å². The summed E-state index contributed by atoms with van der Waals surface area (Å²) in [7, 11) is 2.14. The zero-order valence-electron chi connectivity index (χ0n) is 12.9. The summed E-state index contributed by atoms with van der Waals surface area (Å²) >= 11 is 0. The smallest absolute Gasteiger partial charge is 0.225 e. The van der Waals surface area contributed by atoms with Gasteiger partial charge in [0, 0.05) is 37.8 Å². The van der Waals surface area contributed by atoms with Crippen LogP contribution in [-0.4, -0.2) is 62.0 Å². The van der Waals surface area contributed by atoms with Crippen LogP contribution in [0.2, 0.25) is 0 Å². The molecule has 0 radical (unpaired) electrons. The molecule has 0 unspecified atom stereocenters. The Labute approximate surface area is 127 Å². The van der Waals surface area contributed by atoms with Gasteiger partial charge in [-0.25, -0.2) is 0 Å². The molecule has 2 fully saturated rings. The highest BCUT2D eigenvalue weighted by Crippen LogP contribution is 2.21. The van der Waals surface area contributed by atoms with E-state index in [-0.39, 0.29) is 5.92 Å². The summed E-state index contributed by atoms with van der Waals surface area (Å²) in [6.45, 7) is 5.73. The van der Waals surface area contributed by atoms with Gasteiger partial charge in [-0.05, 0) is 45.1 Å². The van der Waals surface area contributed by atoms with Gasteiger partial charge in [0.15, 0.2) is 0 Å². The lowest BCUT2D eigenvalue weighted by Gasteiger charge is -2.39. The molecule has 1 aromatic rings. The second-order valence-corrected chi connectivity index (χ2v) is 6.23. The molecule has 0 spiro atoms. The highest BCUT2D eigenvalue weighted by molar-refractivity contribution is 5.79. The third-order valence-electron chi connectivity index (χ3n) is 4.78. The number of carbonyl (C=O) groups excluding carboxylic acids is 1. The molecule has 4 nitrogen and oxygen atoms in total. The number of rotatable bonds is 2. The molecule has 0 N–H and O–H groups in total. The molecular formula is C17H25N3O. The topological polar surface area (TPSA) is 26.8 Å². The number of piperazine rings is 1. The summed E-state index contributed by atoms with van der Waals surface area (Å²) in [6, 6.07) is 10.5. The Morgan fingerprint density at radius 1 is 0.952 bits per heavy atom. The third kappa shape index (κ3) is 3.38. The van der Waals surface area contributed by atoms with E-state index in [1.165, 1.54) is 5.69 Å². The maximum atomic E-state index is 12.6. The number of hydrogen-bond donors (Lipinski definition) is 0. The van der Waals surface area contributed by atoms with Gasteiger partial charge in [0.05, 0.1) is 0 Å². The van der Waals surface area contributed by atoms with Crippen molar-refractivity contribution in [2.24, 2.45) is 5.92 Å². The van der Waals surface area contributed by atoms with Gasteiger partial charge in [-0.15, -0.1) is 0 Å². The van der Waals surface area contributed by atoms with Crippen molar-refractivity contribution in [3.05, 3.63) is 30.3 Å². The van der Waals surface area contributed by atoms with E-state index in [0.29, 0.717) is 5.91 Å². The van der Waals surface area contributed by atoms with Gasteiger partial charge in [0.1, 0.15) is 0 Å². The number of nitrogens with zero attached hydrogens (tertiary/aromatic N) is 3. The molecule has 0 aliphatic carbocycles. The van der Waals surface area contributed by atoms with Crippen LogP contribution in [0.4, 0.5) is 5.69 Å². The highest BCUT2D eigenvalue weighted by atomic mass is 16.2. The normalized spacial score (nSPS) is 21.6. The van der Waals surface area contributed by atoms with Gasteiger partial charge < -0.3 is 14.7 Å². The standard InChI is InChI=1S/C17H25N3O/c1-18-9-7-15(8-10-18)17(21)20-13-11-19(12-14-20)16-5-3-2-4-6-16/h2-6,15H,7-14H2,1H3. The van der Waals surface area contributed by atoms with Crippen LogP contribution < -0.4 is 4.90 Å². The van der Waals surface area contributed by atoms with Crippen LogP contribution in [0.3, 0.4) is 0 Å². The Kier molecular flexibility index (Phi) is 4.44. The maximum absolute atomic E-state index is 12.6. The van der Waals surface area contributed by atoms with Gasteiger partial charge in [0.2, 0.25) is 5.91 Å². The van der Waals surface area contributed by atoms with E-state index in [0.717, 1.165) is 52.1 Å². The van der Waals surface area contributed by atoms with E-state index < -0.39 is 0 Å². The Hall–Kier alpha value is -1.55. The Morgan fingerprint density at radius 2 is 1.57 bits per heavy atom. The zero-order chi connectivity index (χ0) is 14.7. The lowest BCUT2D eigenvalue weighted by atomic mass is 9.95. The molecule has 1 aromatic carbocycles. The Morgan fingerprint density at radius 3 is 2.19 bits per heavy atom.